The third kappa shape index (κ3) is 3.30. The zero-order valence-corrected chi connectivity index (χ0v) is 13.9. The minimum atomic E-state index is 0.645. The van der Waals surface area contributed by atoms with Crippen molar-refractivity contribution in [1.29, 1.82) is 0 Å². The zero-order valence-electron chi connectivity index (χ0n) is 12.3. The molecule has 0 saturated carbocycles. The first-order chi connectivity index (χ1) is 11.4. The van der Waals surface area contributed by atoms with Crippen LogP contribution in [0.2, 0.25) is 0 Å². The molecule has 0 aliphatic rings. The van der Waals surface area contributed by atoms with Crippen LogP contribution in [-0.4, -0.2) is 19.7 Å². The summed E-state index contributed by atoms with van der Waals surface area (Å²) in [7, 11) is 0. The number of nitrogens with zero attached hydrogens (tertiary/aromatic N) is 4. The number of rotatable bonds is 6. The summed E-state index contributed by atoms with van der Waals surface area (Å²) < 4.78 is 7.81. The summed E-state index contributed by atoms with van der Waals surface area (Å²) in [5, 5.41) is 11.2. The molecule has 0 atom stereocenters. The Hall–Kier alpha value is -2.12. The van der Waals surface area contributed by atoms with Crippen LogP contribution in [0.5, 0.6) is 0 Å². The maximum atomic E-state index is 5.74. The van der Waals surface area contributed by atoms with Crippen molar-refractivity contribution in [2.45, 2.75) is 23.9 Å². The van der Waals surface area contributed by atoms with E-state index in [-0.39, 0.29) is 0 Å². The van der Waals surface area contributed by atoms with Gasteiger partial charge in [0.15, 0.2) is 10.7 Å². The molecule has 0 unspecified atom stereocenters. The number of para-hydroxylation sites is 2. The molecule has 3 heterocycles. The van der Waals surface area contributed by atoms with Gasteiger partial charge in [0.1, 0.15) is 11.8 Å². The van der Waals surface area contributed by atoms with E-state index < -0.39 is 0 Å². The van der Waals surface area contributed by atoms with Crippen LogP contribution in [0.25, 0.3) is 11.1 Å². The lowest BCUT2D eigenvalue weighted by molar-refractivity contribution is 0.555. The first-order valence-electron chi connectivity index (χ1n) is 7.26. The summed E-state index contributed by atoms with van der Waals surface area (Å²) in [6.45, 7) is 0.878. The van der Waals surface area contributed by atoms with E-state index >= 15 is 0 Å². The molecule has 1 aromatic carbocycles. The van der Waals surface area contributed by atoms with Crippen LogP contribution < -0.4 is 0 Å². The zero-order chi connectivity index (χ0) is 15.5. The third-order valence-corrected chi connectivity index (χ3v) is 5.32. The average Bonchev–Trinajstić information content (AvgIpc) is 3.30. The molecular weight excluding hydrogens is 328 g/mol. The molecule has 0 N–H and O–H groups in total. The monoisotopic (exact) mass is 342 g/mol. The molecule has 7 heteroatoms. The van der Waals surface area contributed by atoms with Crippen LogP contribution >= 0.6 is 23.1 Å². The first-order valence-corrected chi connectivity index (χ1v) is 9.12. The number of fused-ring (bicyclic) bond motifs is 1. The van der Waals surface area contributed by atoms with Gasteiger partial charge in [-0.3, -0.25) is 0 Å². The molecule has 0 aliphatic carbocycles. The summed E-state index contributed by atoms with van der Waals surface area (Å²) >= 11 is 3.37. The highest BCUT2D eigenvalue weighted by Gasteiger charge is 2.10. The van der Waals surface area contributed by atoms with E-state index in [0.717, 1.165) is 29.2 Å². The van der Waals surface area contributed by atoms with Gasteiger partial charge in [-0.1, -0.05) is 30.0 Å². The second kappa shape index (κ2) is 6.55. The molecule has 3 aromatic heterocycles. The van der Waals surface area contributed by atoms with Gasteiger partial charge in [0, 0.05) is 11.4 Å². The first kappa shape index (κ1) is 14.5. The molecular formula is C16H14N4OS2. The molecule has 0 radical (unpaired) electrons. The number of thioether (sulfide) groups is 1. The number of benzene rings is 1. The number of thiophene rings is 1. The van der Waals surface area contributed by atoms with Crippen LogP contribution in [-0.2, 0) is 18.7 Å². The molecule has 0 saturated heterocycles. The number of aromatic nitrogens is 4. The molecule has 0 bridgehead atoms. The predicted octanol–water partition coefficient (Wildman–Crippen LogP) is 4.02. The Morgan fingerprint density at radius 2 is 2.13 bits per heavy atom. The Balaban J connectivity index is 1.42. The normalized spacial score (nSPS) is 11.3. The summed E-state index contributed by atoms with van der Waals surface area (Å²) in [4.78, 5) is 5.85. The van der Waals surface area contributed by atoms with Gasteiger partial charge in [-0.15, -0.1) is 21.5 Å². The Morgan fingerprint density at radius 3 is 3.00 bits per heavy atom. The molecule has 4 aromatic rings. The lowest BCUT2D eigenvalue weighted by atomic mass is 10.3. The minimum Gasteiger partial charge on any atom is -0.440 e. The number of hydrogen-bond donors (Lipinski definition) is 0. The quantitative estimate of drug-likeness (QED) is 0.495. The largest absolute Gasteiger partial charge is 0.440 e. The molecule has 0 spiro atoms. The van der Waals surface area contributed by atoms with Gasteiger partial charge in [0.2, 0.25) is 5.89 Å². The van der Waals surface area contributed by atoms with E-state index in [1.807, 2.05) is 24.3 Å². The van der Waals surface area contributed by atoms with Crippen molar-refractivity contribution in [2.24, 2.45) is 0 Å². The highest BCUT2D eigenvalue weighted by Crippen LogP contribution is 2.23. The topological polar surface area (TPSA) is 56.7 Å². The van der Waals surface area contributed by atoms with Crippen molar-refractivity contribution >= 4 is 34.2 Å². The molecule has 4 rings (SSSR count). The Kier molecular flexibility index (Phi) is 4.12. The van der Waals surface area contributed by atoms with Crippen molar-refractivity contribution in [2.75, 3.05) is 0 Å². The maximum Gasteiger partial charge on any atom is 0.205 e. The van der Waals surface area contributed by atoms with Gasteiger partial charge in [0.05, 0.1) is 5.75 Å². The van der Waals surface area contributed by atoms with E-state index in [4.69, 9.17) is 4.42 Å². The number of hydrogen-bond acceptors (Lipinski definition) is 6. The SMILES string of the molecule is c1csc(CCn2cnnc2SCc2nc3ccccc3o2)c1. The predicted molar refractivity (Wildman–Crippen MR) is 91.6 cm³/mol. The smallest absolute Gasteiger partial charge is 0.205 e. The fourth-order valence-electron chi connectivity index (χ4n) is 2.30. The van der Waals surface area contributed by atoms with Crippen LogP contribution in [0, 0.1) is 0 Å². The lowest BCUT2D eigenvalue weighted by Crippen LogP contribution is -2.01. The second-order valence-corrected chi connectivity index (χ2v) is 6.98. The van der Waals surface area contributed by atoms with Gasteiger partial charge in [-0.2, -0.15) is 0 Å². The van der Waals surface area contributed by atoms with Gasteiger partial charge < -0.3 is 8.98 Å². The molecule has 0 amide bonds. The Morgan fingerprint density at radius 1 is 1.17 bits per heavy atom. The summed E-state index contributed by atoms with van der Waals surface area (Å²) in [6, 6.07) is 12.0. The van der Waals surface area contributed by atoms with E-state index in [1.54, 1.807) is 29.4 Å². The fraction of sp³-hybridized carbons (Fsp3) is 0.188. The average molecular weight is 342 g/mol. The Bertz CT molecular complexity index is 865. The van der Waals surface area contributed by atoms with E-state index in [9.17, 15) is 0 Å². The van der Waals surface area contributed by atoms with Gasteiger partial charge >= 0.3 is 0 Å². The van der Waals surface area contributed by atoms with Crippen LogP contribution in [0.4, 0.5) is 0 Å². The number of oxazole rings is 1. The minimum absolute atomic E-state index is 0.645. The maximum absolute atomic E-state index is 5.74. The van der Waals surface area contributed by atoms with Crippen molar-refractivity contribution in [3.05, 3.63) is 58.9 Å². The van der Waals surface area contributed by atoms with E-state index in [1.165, 1.54) is 4.88 Å². The highest BCUT2D eigenvalue weighted by molar-refractivity contribution is 7.98. The van der Waals surface area contributed by atoms with E-state index in [0.29, 0.717) is 11.6 Å². The second-order valence-electron chi connectivity index (χ2n) is 5.00. The van der Waals surface area contributed by atoms with Gasteiger partial charge in [0.25, 0.3) is 0 Å². The molecule has 0 aliphatic heterocycles. The third-order valence-electron chi connectivity index (χ3n) is 3.42. The summed E-state index contributed by atoms with van der Waals surface area (Å²) in [5.74, 6) is 1.36. The standard InChI is InChI=1S/C16H14N4OS2/c1-2-6-14-13(5-1)18-15(21-14)10-23-16-19-17-11-20(16)8-7-12-4-3-9-22-12/h1-6,9,11H,7-8,10H2. The molecule has 0 fully saturated rings. The van der Waals surface area contributed by atoms with Crippen LogP contribution in [0.15, 0.2) is 57.7 Å². The molecule has 116 valence electrons. The molecule has 23 heavy (non-hydrogen) atoms. The van der Waals surface area contributed by atoms with Crippen LogP contribution in [0.3, 0.4) is 0 Å². The highest BCUT2D eigenvalue weighted by atomic mass is 32.2. The van der Waals surface area contributed by atoms with Crippen molar-refractivity contribution in [3.63, 3.8) is 0 Å². The Labute approximate surface area is 141 Å². The lowest BCUT2D eigenvalue weighted by Gasteiger charge is -2.04. The van der Waals surface area contributed by atoms with Crippen molar-refractivity contribution in [1.82, 2.24) is 19.7 Å². The van der Waals surface area contributed by atoms with Crippen molar-refractivity contribution in [3.8, 4) is 0 Å². The number of aryl methyl sites for hydroxylation is 2. The summed E-state index contributed by atoms with van der Waals surface area (Å²) in [6.07, 6.45) is 2.77. The molecule has 5 nitrogen and oxygen atoms in total. The van der Waals surface area contributed by atoms with Gasteiger partial charge in [-0.05, 0) is 30.0 Å². The van der Waals surface area contributed by atoms with Crippen LogP contribution in [0.1, 0.15) is 10.8 Å². The van der Waals surface area contributed by atoms with E-state index in [2.05, 4.69) is 37.3 Å². The summed E-state index contributed by atoms with van der Waals surface area (Å²) in [5.41, 5.74) is 1.71. The van der Waals surface area contributed by atoms with Crippen molar-refractivity contribution < 1.29 is 4.42 Å². The fourth-order valence-corrected chi connectivity index (χ4v) is 3.79. The van der Waals surface area contributed by atoms with Gasteiger partial charge in [-0.25, -0.2) is 4.98 Å².